The molecule has 0 amide bonds. The van der Waals surface area contributed by atoms with Gasteiger partial charge in [-0.3, -0.25) is 4.90 Å². The van der Waals surface area contributed by atoms with Crippen LogP contribution in [-0.2, 0) is 6.18 Å². The highest BCUT2D eigenvalue weighted by Gasteiger charge is 2.36. The lowest BCUT2D eigenvalue weighted by molar-refractivity contribution is -0.144. The Labute approximate surface area is 126 Å². The first kappa shape index (κ1) is 16.3. The van der Waals surface area contributed by atoms with Gasteiger partial charge in [0.1, 0.15) is 11.0 Å². The second kappa shape index (κ2) is 6.36. The summed E-state index contributed by atoms with van der Waals surface area (Å²) in [7, 11) is 0. The van der Waals surface area contributed by atoms with Crippen LogP contribution in [0.2, 0.25) is 5.15 Å². The largest absolute Gasteiger partial charge is 0.451 e. The quantitative estimate of drug-likeness (QED) is 0.801. The second-order valence-corrected chi connectivity index (χ2v) is 5.54. The van der Waals surface area contributed by atoms with Gasteiger partial charge in [-0.2, -0.15) is 13.2 Å². The summed E-state index contributed by atoms with van der Waals surface area (Å²) in [5, 5.41) is -0.184. The number of piperazine rings is 1. The van der Waals surface area contributed by atoms with E-state index in [4.69, 9.17) is 11.6 Å². The smallest absolute Gasteiger partial charge is 0.354 e. The van der Waals surface area contributed by atoms with E-state index >= 15 is 0 Å². The van der Waals surface area contributed by atoms with Gasteiger partial charge in [0.05, 0.1) is 0 Å². The number of hydrogen-bond acceptors (Lipinski definition) is 4. The van der Waals surface area contributed by atoms with Crippen LogP contribution < -0.4 is 4.90 Å². The van der Waals surface area contributed by atoms with Crippen LogP contribution in [0.15, 0.2) is 6.07 Å². The van der Waals surface area contributed by atoms with Crippen molar-refractivity contribution in [2.45, 2.75) is 32.5 Å². The molecule has 1 unspecified atom stereocenters. The standard InChI is InChI=1S/C13H18ClF3N4/c1-3-9(2)20-4-6-21(7-5-20)11-8-10(14)18-12(19-11)13(15,16)17/h8-9H,3-7H2,1-2H3. The summed E-state index contributed by atoms with van der Waals surface area (Å²) in [5.74, 6) is -0.944. The average Bonchev–Trinajstić information content (AvgIpc) is 2.45. The normalized spacial score (nSPS) is 18.9. The number of aromatic nitrogens is 2. The summed E-state index contributed by atoms with van der Waals surface area (Å²) in [4.78, 5) is 11.0. The molecule has 0 radical (unpaired) electrons. The van der Waals surface area contributed by atoms with Gasteiger partial charge in [-0.15, -0.1) is 0 Å². The van der Waals surface area contributed by atoms with E-state index in [1.165, 1.54) is 6.07 Å². The molecule has 0 bridgehead atoms. The van der Waals surface area contributed by atoms with Gasteiger partial charge in [0.25, 0.3) is 0 Å². The molecule has 0 saturated carbocycles. The van der Waals surface area contributed by atoms with Gasteiger partial charge >= 0.3 is 6.18 Å². The topological polar surface area (TPSA) is 32.3 Å². The Morgan fingerprint density at radius 1 is 1.24 bits per heavy atom. The molecule has 8 heteroatoms. The predicted molar refractivity (Wildman–Crippen MR) is 75.6 cm³/mol. The maximum atomic E-state index is 12.7. The Kier molecular flexibility index (Phi) is 4.93. The van der Waals surface area contributed by atoms with Crippen molar-refractivity contribution in [3.8, 4) is 0 Å². The Balaban J connectivity index is 2.12. The summed E-state index contributed by atoms with van der Waals surface area (Å²) in [6.07, 6.45) is -3.53. The lowest BCUT2D eigenvalue weighted by Crippen LogP contribution is -2.49. The van der Waals surface area contributed by atoms with Crippen LogP contribution in [0.3, 0.4) is 0 Å². The number of halogens is 4. The molecule has 1 atom stereocenters. The van der Waals surface area contributed by atoms with E-state index < -0.39 is 12.0 Å². The highest BCUT2D eigenvalue weighted by molar-refractivity contribution is 6.29. The van der Waals surface area contributed by atoms with Crippen molar-refractivity contribution in [3.05, 3.63) is 17.0 Å². The zero-order chi connectivity index (χ0) is 15.6. The Bertz CT molecular complexity index is 487. The number of nitrogens with zero attached hydrogens (tertiary/aromatic N) is 4. The summed E-state index contributed by atoms with van der Waals surface area (Å²) in [6, 6.07) is 1.86. The Hall–Kier alpha value is -1.08. The number of anilines is 1. The third kappa shape index (κ3) is 3.97. The van der Waals surface area contributed by atoms with Crippen molar-refractivity contribution >= 4 is 17.4 Å². The fourth-order valence-electron chi connectivity index (χ4n) is 2.34. The maximum absolute atomic E-state index is 12.7. The van der Waals surface area contributed by atoms with Gasteiger partial charge in [-0.25, -0.2) is 9.97 Å². The molecule has 1 aromatic heterocycles. The van der Waals surface area contributed by atoms with E-state index in [0.29, 0.717) is 19.1 Å². The molecule has 0 aromatic carbocycles. The molecular weight excluding hydrogens is 305 g/mol. The summed E-state index contributed by atoms with van der Waals surface area (Å²) >= 11 is 5.69. The van der Waals surface area contributed by atoms with Crippen molar-refractivity contribution in [3.63, 3.8) is 0 Å². The van der Waals surface area contributed by atoms with Crippen LogP contribution in [0.5, 0.6) is 0 Å². The van der Waals surface area contributed by atoms with Gasteiger partial charge < -0.3 is 4.90 Å². The Morgan fingerprint density at radius 2 is 1.86 bits per heavy atom. The molecule has 1 aliphatic heterocycles. The van der Waals surface area contributed by atoms with E-state index in [1.807, 2.05) is 4.90 Å². The molecule has 4 nitrogen and oxygen atoms in total. The molecule has 1 aromatic rings. The van der Waals surface area contributed by atoms with E-state index in [2.05, 4.69) is 28.7 Å². The maximum Gasteiger partial charge on any atom is 0.451 e. The average molecular weight is 323 g/mol. The molecule has 118 valence electrons. The van der Waals surface area contributed by atoms with Gasteiger partial charge in [-0.1, -0.05) is 18.5 Å². The van der Waals surface area contributed by atoms with Crippen LogP contribution in [-0.4, -0.2) is 47.1 Å². The van der Waals surface area contributed by atoms with E-state index in [0.717, 1.165) is 19.5 Å². The minimum Gasteiger partial charge on any atom is -0.354 e. The lowest BCUT2D eigenvalue weighted by Gasteiger charge is -2.38. The fourth-order valence-corrected chi connectivity index (χ4v) is 2.52. The second-order valence-electron chi connectivity index (χ2n) is 5.15. The van der Waals surface area contributed by atoms with Gasteiger partial charge in [0.15, 0.2) is 0 Å². The zero-order valence-corrected chi connectivity index (χ0v) is 12.7. The molecular formula is C13H18ClF3N4. The zero-order valence-electron chi connectivity index (χ0n) is 12.0. The fraction of sp³-hybridized carbons (Fsp3) is 0.692. The first-order valence-corrected chi connectivity index (χ1v) is 7.30. The molecule has 1 fully saturated rings. The predicted octanol–water partition coefficient (Wildman–Crippen LogP) is 3.07. The third-order valence-electron chi connectivity index (χ3n) is 3.79. The van der Waals surface area contributed by atoms with Crippen LogP contribution in [0.1, 0.15) is 26.1 Å². The van der Waals surface area contributed by atoms with Crippen LogP contribution >= 0.6 is 11.6 Å². The first-order chi connectivity index (χ1) is 9.81. The van der Waals surface area contributed by atoms with Crippen LogP contribution in [0.25, 0.3) is 0 Å². The van der Waals surface area contributed by atoms with Crippen molar-refractivity contribution in [1.82, 2.24) is 14.9 Å². The van der Waals surface area contributed by atoms with Crippen LogP contribution in [0.4, 0.5) is 19.0 Å². The van der Waals surface area contributed by atoms with Crippen molar-refractivity contribution in [2.24, 2.45) is 0 Å². The molecule has 2 rings (SSSR count). The highest BCUT2D eigenvalue weighted by Crippen LogP contribution is 2.29. The van der Waals surface area contributed by atoms with Gasteiger partial charge in [0, 0.05) is 38.3 Å². The van der Waals surface area contributed by atoms with E-state index in [1.54, 1.807) is 0 Å². The molecule has 0 spiro atoms. The molecule has 0 aliphatic carbocycles. The summed E-state index contributed by atoms with van der Waals surface area (Å²) < 4.78 is 38.2. The van der Waals surface area contributed by atoms with Crippen LogP contribution in [0, 0.1) is 0 Å². The monoisotopic (exact) mass is 322 g/mol. The molecule has 0 N–H and O–H groups in total. The van der Waals surface area contributed by atoms with E-state index in [-0.39, 0.29) is 11.0 Å². The van der Waals surface area contributed by atoms with Crippen molar-refractivity contribution < 1.29 is 13.2 Å². The number of alkyl halides is 3. The van der Waals surface area contributed by atoms with Gasteiger partial charge in [0.2, 0.25) is 5.82 Å². The van der Waals surface area contributed by atoms with Gasteiger partial charge in [-0.05, 0) is 13.3 Å². The number of rotatable bonds is 3. The molecule has 21 heavy (non-hydrogen) atoms. The summed E-state index contributed by atoms with van der Waals surface area (Å²) in [5.41, 5.74) is 0. The summed E-state index contributed by atoms with van der Waals surface area (Å²) in [6.45, 7) is 7.15. The minimum atomic E-state index is -4.59. The SMILES string of the molecule is CCC(C)N1CCN(c2cc(Cl)nc(C(F)(F)F)n2)CC1. The molecule has 1 saturated heterocycles. The lowest BCUT2D eigenvalue weighted by atomic mass is 10.2. The van der Waals surface area contributed by atoms with Crippen molar-refractivity contribution in [2.75, 3.05) is 31.1 Å². The first-order valence-electron chi connectivity index (χ1n) is 6.92. The number of hydrogen-bond donors (Lipinski definition) is 0. The highest BCUT2D eigenvalue weighted by atomic mass is 35.5. The third-order valence-corrected chi connectivity index (χ3v) is 3.98. The molecule has 1 aliphatic rings. The minimum absolute atomic E-state index is 0.184. The molecule has 2 heterocycles. The van der Waals surface area contributed by atoms with E-state index in [9.17, 15) is 13.2 Å². The Morgan fingerprint density at radius 3 is 2.38 bits per heavy atom. The van der Waals surface area contributed by atoms with Crippen molar-refractivity contribution in [1.29, 1.82) is 0 Å².